The van der Waals surface area contributed by atoms with Gasteiger partial charge in [-0.15, -0.1) is 0 Å². The fourth-order valence-electron chi connectivity index (χ4n) is 2.69. The van der Waals surface area contributed by atoms with Crippen molar-refractivity contribution < 1.29 is 4.74 Å². The second kappa shape index (κ2) is 5.94. The molecule has 0 fully saturated rings. The van der Waals surface area contributed by atoms with Gasteiger partial charge in [-0.25, -0.2) is 0 Å². The van der Waals surface area contributed by atoms with Crippen molar-refractivity contribution in [2.75, 3.05) is 14.2 Å². The van der Waals surface area contributed by atoms with E-state index in [9.17, 15) is 0 Å². The molecule has 1 heterocycles. The van der Waals surface area contributed by atoms with Crippen molar-refractivity contribution in [2.45, 2.75) is 6.04 Å². The maximum atomic E-state index is 5.43. The molecule has 0 bridgehead atoms. The van der Waals surface area contributed by atoms with E-state index in [-0.39, 0.29) is 6.04 Å². The van der Waals surface area contributed by atoms with Crippen LogP contribution in [0, 0.1) is 0 Å². The van der Waals surface area contributed by atoms with Gasteiger partial charge in [-0.05, 0) is 35.5 Å². The largest absolute Gasteiger partial charge is 0.495 e. The Bertz CT molecular complexity index is 755. The Kier molecular flexibility index (Phi) is 3.84. The van der Waals surface area contributed by atoms with Gasteiger partial charge in [0.05, 0.1) is 19.3 Å². The van der Waals surface area contributed by atoms with E-state index in [2.05, 4.69) is 52.8 Å². The summed E-state index contributed by atoms with van der Waals surface area (Å²) in [5, 5.41) is 5.85. The van der Waals surface area contributed by atoms with Crippen LogP contribution < -0.4 is 10.1 Å². The fourth-order valence-corrected chi connectivity index (χ4v) is 2.69. The van der Waals surface area contributed by atoms with E-state index in [0.29, 0.717) is 0 Å². The van der Waals surface area contributed by atoms with Gasteiger partial charge in [0, 0.05) is 11.8 Å². The van der Waals surface area contributed by atoms with Crippen LogP contribution in [-0.2, 0) is 0 Å². The maximum absolute atomic E-state index is 5.43. The van der Waals surface area contributed by atoms with Crippen LogP contribution in [0.15, 0.2) is 60.9 Å². The highest BCUT2D eigenvalue weighted by atomic mass is 16.5. The quantitative estimate of drug-likeness (QED) is 0.792. The van der Waals surface area contributed by atoms with Crippen molar-refractivity contribution >= 4 is 10.8 Å². The molecule has 0 aliphatic heterocycles. The summed E-state index contributed by atoms with van der Waals surface area (Å²) in [6.45, 7) is 0. The summed E-state index contributed by atoms with van der Waals surface area (Å²) in [5.41, 5.74) is 2.30. The third-order valence-corrected chi connectivity index (χ3v) is 3.74. The van der Waals surface area contributed by atoms with Gasteiger partial charge in [-0.3, -0.25) is 4.98 Å². The Morgan fingerprint density at radius 2 is 1.86 bits per heavy atom. The molecule has 3 nitrogen and oxygen atoms in total. The Morgan fingerprint density at radius 3 is 2.62 bits per heavy atom. The smallest absolute Gasteiger partial charge is 0.142 e. The number of aromatic nitrogens is 1. The lowest BCUT2D eigenvalue weighted by atomic mass is 9.96. The molecular weight excluding hydrogens is 260 g/mol. The first kappa shape index (κ1) is 13.6. The van der Waals surface area contributed by atoms with E-state index in [4.69, 9.17) is 4.74 Å². The van der Waals surface area contributed by atoms with Gasteiger partial charge in [-0.1, -0.05) is 36.4 Å². The molecule has 0 radical (unpaired) electrons. The molecule has 3 aromatic rings. The SMILES string of the molecule is CNC(c1ccc2ccccc2c1)c1ccncc1OC. The van der Waals surface area contributed by atoms with Gasteiger partial charge < -0.3 is 10.1 Å². The molecular formula is C18H18N2O. The first-order valence-corrected chi connectivity index (χ1v) is 6.97. The lowest BCUT2D eigenvalue weighted by molar-refractivity contribution is 0.403. The average molecular weight is 278 g/mol. The third-order valence-electron chi connectivity index (χ3n) is 3.74. The zero-order valence-electron chi connectivity index (χ0n) is 12.2. The predicted molar refractivity (Wildman–Crippen MR) is 85.6 cm³/mol. The fraction of sp³-hybridized carbons (Fsp3) is 0.167. The molecule has 0 saturated carbocycles. The lowest BCUT2D eigenvalue weighted by Crippen LogP contribution is -2.18. The van der Waals surface area contributed by atoms with Crippen LogP contribution in [0.3, 0.4) is 0 Å². The first-order valence-electron chi connectivity index (χ1n) is 6.97. The van der Waals surface area contributed by atoms with Crippen molar-refractivity contribution in [2.24, 2.45) is 0 Å². The summed E-state index contributed by atoms with van der Waals surface area (Å²) >= 11 is 0. The van der Waals surface area contributed by atoms with Crippen molar-refractivity contribution in [3.63, 3.8) is 0 Å². The van der Waals surface area contributed by atoms with Crippen LogP contribution >= 0.6 is 0 Å². The molecule has 1 unspecified atom stereocenters. The minimum Gasteiger partial charge on any atom is -0.495 e. The van der Waals surface area contributed by atoms with Crippen LogP contribution in [0.2, 0.25) is 0 Å². The van der Waals surface area contributed by atoms with Crippen molar-refractivity contribution in [3.8, 4) is 5.75 Å². The number of nitrogens with zero attached hydrogens (tertiary/aromatic N) is 1. The topological polar surface area (TPSA) is 34.2 Å². The summed E-state index contributed by atoms with van der Waals surface area (Å²) in [6, 6.07) is 17.0. The minimum absolute atomic E-state index is 0.0764. The van der Waals surface area contributed by atoms with Crippen LogP contribution in [0.4, 0.5) is 0 Å². The highest BCUT2D eigenvalue weighted by Crippen LogP contribution is 2.30. The number of ether oxygens (including phenoxy) is 1. The molecule has 0 aliphatic rings. The van der Waals surface area contributed by atoms with Gasteiger partial charge in [-0.2, -0.15) is 0 Å². The number of hydrogen-bond acceptors (Lipinski definition) is 3. The van der Waals surface area contributed by atoms with Crippen LogP contribution in [0.5, 0.6) is 5.75 Å². The molecule has 1 aromatic heterocycles. The number of rotatable bonds is 4. The number of pyridine rings is 1. The minimum atomic E-state index is 0.0764. The van der Waals surface area contributed by atoms with Crippen molar-refractivity contribution in [1.82, 2.24) is 10.3 Å². The summed E-state index contributed by atoms with van der Waals surface area (Å²) in [7, 11) is 3.63. The summed E-state index contributed by atoms with van der Waals surface area (Å²) in [4.78, 5) is 4.12. The highest BCUT2D eigenvalue weighted by Gasteiger charge is 2.16. The number of fused-ring (bicyclic) bond motifs is 1. The van der Waals surface area contributed by atoms with Gasteiger partial charge in [0.2, 0.25) is 0 Å². The van der Waals surface area contributed by atoms with Gasteiger partial charge >= 0.3 is 0 Å². The van der Waals surface area contributed by atoms with Gasteiger partial charge in [0.15, 0.2) is 0 Å². The molecule has 0 spiro atoms. The molecule has 1 atom stereocenters. The van der Waals surface area contributed by atoms with Gasteiger partial charge in [0.1, 0.15) is 5.75 Å². The normalized spacial score (nSPS) is 12.3. The summed E-state index contributed by atoms with van der Waals surface area (Å²) < 4.78 is 5.43. The molecule has 106 valence electrons. The van der Waals surface area contributed by atoms with Crippen molar-refractivity contribution in [3.05, 3.63) is 72.1 Å². The Hall–Kier alpha value is -2.39. The molecule has 3 heteroatoms. The second-order valence-corrected chi connectivity index (χ2v) is 4.95. The van der Waals surface area contributed by atoms with E-state index in [1.807, 2.05) is 13.1 Å². The van der Waals surface area contributed by atoms with E-state index < -0.39 is 0 Å². The summed E-state index contributed by atoms with van der Waals surface area (Å²) in [5.74, 6) is 0.796. The van der Waals surface area contributed by atoms with Crippen LogP contribution in [-0.4, -0.2) is 19.1 Å². The predicted octanol–water partition coefficient (Wildman–Crippen LogP) is 3.55. The van der Waals surface area contributed by atoms with Crippen LogP contribution in [0.1, 0.15) is 17.2 Å². The number of methoxy groups -OCH3 is 1. The van der Waals surface area contributed by atoms with E-state index >= 15 is 0 Å². The van der Waals surface area contributed by atoms with E-state index in [1.165, 1.54) is 16.3 Å². The molecule has 21 heavy (non-hydrogen) atoms. The number of nitrogens with one attached hydrogen (secondary N) is 1. The Labute approximate surface area is 124 Å². The molecule has 1 N–H and O–H groups in total. The monoisotopic (exact) mass is 278 g/mol. The van der Waals surface area contributed by atoms with Crippen LogP contribution in [0.25, 0.3) is 10.8 Å². The average Bonchev–Trinajstić information content (AvgIpc) is 2.56. The van der Waals surface area contributed by atoms with Crippen molar-refractivity contribution in [1.29, 1.82) is 0 Å². The maximum Gasteiger partial charge on any atom is 0.142 e. The van der Waals surface area contributed by atoms with E-state index in [1.54, 1.807) is 19.5 Å². The lowest BCUT2D eigenvalue weighted by Gasteiger charge is -2.20. The third kappa shape index (κ3) is 2.60. The highest BCUT2D eigenvalue weighted by molar-refractivity contribution is 5.83. The second-order valence-electron chi connectivity index (χ2n) is 4.95. The molecule has 0 saturated heterocycles. The number of benzene rings is 2. The molecule has 3 rings (SSSR count). The Balaban J connectivity index is 2.09. The molecule has 0 aliphatic carbocycles. The Morgan fingerprint density at radius 1 is 1.05 bits per heavy atom. The van der Waals surface area contributed by atoms with Gasteiger partial charge in [0.25, 0.3) is 0 Å². The summed E-state index contributed by atoms with van der Waals surface area (Å²) in [6.07, 6.45) is 3.55. The zero-order valence-corrected chi connectivity index (χ0v) is 12.2. The standard InChI is InChI=1S/C18H18N2O/c1-19-18(16-9-10-20-12-17(16)21-2)15-8-7-13-5-3-4-6-14(13)11-15/h3-12,18-19H,1-2H3. The first-order chi connectivity index (χ1) is 10.3. The number of hydrogen-bond donors (Lipinski definition) is 1. The molecule has 2 aromatic carbocycles. The zero-order chi connectivity index (χ0) is 14.7. The molecule has 0 amide bonds. The van der Waals surface area contributed by atoms with E-state index in [0.717, 1.165) is 11.3 Å².